The SMILES string of the molecule is CC(C)N(Cl)C(=O)OC(C)(C)C. The minimum atomic E-state index is -0.501. The third-order valence-corrected chi connectivity index (χ3v) is 1.55. The lowest BCUT2D eigenvalue weighted by atomic mass is 10.2. The summed E-state index contributed by atoms with van der Waals surface area (Å²) in [5, 5.41) is 0. The predicted octanol–water partition coefficient (Wildman–Crippen LogP) is 2.79. The van der Waals surface area contributed by atoms with E-state index in [9.17, 15) is 4.79 Å². The zero-order valence-electron chi connectivity index (χ0n) is 8.22. The summed E-state index contributed by atoms with van der Waals surface area (Å²) in [5.41, 5.74) is -0.487. The Bertz CT molecular complexity index is 163. The molecule has 0 aliphatic rings. The van der Waals surface area contributed by atoms with Gasteiger partial charge in [0.15, 0.2) is 0 Å². The Morgan fingerprint density at radius 3 is 2.08 bits per heavy atom. The predicted molar refractivity (Wildman–Crippen MR) is 49.1 cm³/mol. The first kappa shape index (κ1) is 11.6. The molecule has 0 fully saturated rings. The van der Waals surface area contributed by atoms with Crippen LogP contribution in [-0.4, -0.2) is 22.2 Å². The van der Waals surface area contributed by atoms with Gasteiger partial charge in [-0.15, -0.1) is 0 Å². The van der Waals surface area contributed by atoms with Crippen LogP contribution in [-0.2, 0) is 4.74 Å². The van der Waals surface area contributed by atoms with Gasteiger partial charge in [0.05, 0.1) is 0 Å². The lowest BCUT2D eigenvalue weighted by Gasteiger charge is -2.24. The first-order chi connectivity index (χ1) is 5.24. The van der Waals surface area contributed by atoms with Crippen LogP contribution in [0.2, 0.25) is 0 Å². The maximum atomic E-state index is 11.2. The number of hydrogen-bond acceptors (Lipinski definition) is 2. The van der Waals surface area contributed by atoms with E-state index in [2.05, 4.69) is 0 Å². The second-order valence-corrected chi connectivity index (χ2v) is 4.25. The largest absolute Gasteiger partial charge is 0.443 e. The van der Waals surface area contributed by atoms with E-state index in [0.717, 1.165) is 4.42 Å². The van der Waals surface area contributed by atoms with Gasteiger partial charge in [0.1, 0.15) is 5.60 Å². The smallest absolute Gasteiger partial charge is 0.425 e. The van der Waals surface area contributed by atoms with Crippen molar-refractivity contribution in [1.82, 2.24) is 4.42 Å². The Hall–Kier alpha value is -0.440. The van der Waals surface area contributed by atoms with E-state index in [-0.39, 0.29) is 6.04 Å². The van der Waals surface area contributed by atoms with Crippen LogP contribution in [0, 0.1) is 0 Å². The molecule has 1 amide bonds. The number of carbonyl (C=O) groups excluding carboxylic acids is 1. The average molecular weight is 194 g/mol. The summed E-state index contributed by atoms with van der Waals surface area (Å²) < 4.78 is 6.06. The fraction of sp³-hybridized carbons (Fsp3) is 0.875. The fourth-order valence-electron chi connectivity index (χ4n) is 0.516. The van der Waals surface area contributed by atoms with Gasteiger partial charge in [0, 0.05) is 17.8 Å². The maximum Gasteiger partial charge on any atom is 0.425 e. The van der Waals surface area contributed by atoms with Crippen molar-refractivity contribution in [1.29, 1.82) is 0 Å². The number of carbonyl (C=O) groups is 1. The summed E-state index contributed by atoms with van der Waals surface area (Å²) in [4.78, 5) is 11.2. The zero-order valence-corrected chi connectivity index (χ0v) is 8.97. The molecule has 0 N–H and O–H groups in total. The van der Waals surface area contributed by atoms with E-state index < -0.39 is 11.7 Å². The van der Waals surface area contributed by atoms with E-state index in [1.165, 1.54) is 0 Å². The highest BCUT2D eigenvalue weighted by Gasteiger charge is 2.22. The van der Waals surface area contributed by atoms with Crippen LogP contribution in [0.1, 0.15) is 34.6 Å². The minimum Gasteiger partial charge on any atom is -0.443 e. The van der Waals surface area contributed by atoms with Crippen molar-refractivity contribution in [2.45, 2.75) is 46.3 Å². The molecule has 4 heteroatoms. The fourth-order valence-corrected chi connectivity index (χ4v) is 0.551. The summed E-state index contributed by atoms with van der Waals surface area (Å²) in [5.74, 6) is 0. The molecule has 0 aliphatic carbocycles. The van der Waals surface area contributed by atoms with Gasteiger partial charge < -0.3 is 4.74 Å². The van der Waals surface area contributed by atoms with Crippen molar-refractivity contribution in [2.24, 2.45) is 0 Å². The zero-order chi connectivity index (χ0) is 9.94. The first-order valence-corrected chi connectivity index (χ1v) is 4.26. The molecule has 0 atom stereocenters. The number of ether oxygens (including phenoxy) is 1. The van der Waals surface area contributed by atoms with Crippen LogP contribution < -0.4 is 0 Å². The van der Waals surface area contributed by atoms with E-state index in [1.54, 1.807) is 20.8 Å². The summed E-state index contributed by atoms with van der Waals surface area (Å²) in [6.45, 7) is 9.04. The highest BCUT2D eigenvalue weighted by molar-refractivity contribution is 6.20. The van der Waals surface area contributed by atoms with E-state index in [4.69, 9.17) is 16.5 Å². The number of rotatable bonds is 1. The Kier molecular flexibility index (Phi) is 3.84. The van der Waals surface area contributed by atoms with Gasteiger partial charge in [-0.25, -0.2) is 9.21 Å². The number of amides is 1. The molecular formula is C8H16ClNO2. The molecule has 0 aromatic carbocycles. The van der Waals surface area contributed by atoms with Crippen molar-refractivity contribution in [3.8, 4) is 0 Å². The second kappa shape index (κ2) is 3.99. The molecule has 0 bridgehead atoms. The van der Waals surface area contributed by atoms with Crippen LogP contribution in [0.25, 0.3) is 0 Å². The molecule has 72 valence electrons. The standard InChI is InChI=1S/C8H16ClNO2/c1-6(2)10(9)7(11)12-8(3,4)5/h6H,1-5H3. The van der Waals surface area contributed by atoms with Crippen molar-refractivity contribution < 1.29 is 9.53 Å². The molecular weight excluding hydrogens is 178 g/mol. The summed E-state index contributed by atoms with van der Waals surface area (Å²) in [6, 6.07) is -0.0542. The summed E-state index contributed by atoms with van der Waals surface area (Å²) in [6.07, 6.45) is -0.501. The average Bonchev–Trinajstić information content (AvgIpc) is 1.82. The van der Waals surface area contributed by atoms with Gasteiger partial charge in [-0.3, -0.25) is 0 Å². The van der Waals surface area contributed by atoms with Gasteiger partial charge in [-0.2, -0.15) is 0 Å². The number of halogens is 1. The van der Waals surface area contributed by atoms with Gasteiger partial charge >= 0.3 is 6.09 Å². The topological polar surface area (TPSA) is 29.5 Å². The van der Waals surface area contributed by atoms with Crippen molar-refractivity contribution in [2.75, 3.05) is 0 Å². The van der Waals surface area contributed by atoms with Crippen molar-refractivity contribution in [3.05, 3.63) is 0 Å². The molecule has 0 aliphatic heterocycles. The Balaban J connectivity index is 4.05. The van der Waals surface area contributed by atoms with Gasteiger partial charge in [-0.05, 0) is 34.6 Å². The number of hydrogen-bond donors (Lipinski definition) is 0. The van der Waals surface area contributed by atoms with Crippen LogP contribution in [0.5, 0.6) is 0 Å². The monoisotopic (exact) mass is 193 g/mol. The molecule has 0 heterocycles. The highest BCUT2D eigenvalue weighted by atomic mass is 35.5. The molecule has 0 radical (unpaired) electrons. The molecule has 12 heavy (non-hydrogen) atoms. The third kappa shape index (κ3) is 4.44. The minimum absolute atomic E-state index is 0.0542. The van der Waals surface area contributed by atoms with Crippen molar-refractivity contribution in [3.63, 3.8) is 0 Å². The second-order valence-electron chi connectivity index (χ2n) is 3.89. The van der Waals surface area contributed by atoms with Gasteiger partial charge in [0.25, 0.3) is 0 Å². The van der Waals surface area contributed by atoms with E-state index in [1.807, 2.05) is 13.8 Å². The first-order valence-electron chi connectivity index (χ1n) is 3.92. The van der Waals surface area contributed by atoms with Crippen LogP contribution in [0.3, 0.4) is 0 Å². The lowest BCUT2D eigenvalue weighted by molar-refractivity contribution is 0.0359. The lowest BCUT2D eigenvalue weighted by Crippen LogP contribution is -2.34. The number of nitrogens with zero attached hydrogens (tertiary/aromatic N) is 1. The maximum absolute atomic E-state index is 11.2. The molecule has 0 unspecified atom stereocenters. The molecule has 0 spiro atoms. The summed E-state index contributed by atoms with van der Waals surface area (Å²) >= 11 is 5.63. The Labute approximate surface area is 78.7 Å². The molecule has 0 aromatic heterocycles. The Morgan fingerprint density at radius 1 is 1.42 bits per heavy atom. The molecule has 3 nitrogen and oxygen atoms in total. The van der Waals surface area contributed by atoms with Crippen LogP contribution in [0.15, 0.2) is 0 Å². The van der Waals surface area contributed by atoms with Crippen molar-refractivity contribution >= 4 is 17.9 Å². The van der Waals surface area contributed by atoms with E-state index in [0.29, 0.717) is 0 Å². The van der Waals surface area contributed by atoms with Crippen LogP contribution in [0.4, 0.5) is 4.79 Å². The third-order valence-electron chi connectivity index (χ3n) is 1.02. The highest BCUT2D eigenvalue weighted by Crippen LogP contribution is 2.13. The van der Waals surface area contributed by atoms with Gasteiger partial charge in [-0.1, -0.05) is 0 Å². The molecule has 0 saturated heterocycles. The van der Waals surface area contributed by atoms with Crippen LogP contribution >= 0.6 is 11.8 Å². The molecule has 0 saturated carbocycles. The van der Waals surface area contributed by atoms with E-state index >= 15 is 0 Å². The molecule has 0 rings (SSSR count). The molecule has 0 aromatic rings. The van der Waals surface area contributed by atoms with Gasteiger partial charge in [0.2, 0.25) is 0 Å². The quantitative estimate of drug-likeness (QED) is 0.600. The normalized spacial score (nSPS) is 11.6. The Morgan fingerprint density at radius 2 is 1.83 bits per heavy atom. The summed E-state index contributed by atoms with van der Waals surface area (Å²) in [7, 11) is 0.